The van der Waals surface area contributed by atoms with E-state index in [4.69, 9.17) is 0 Å². The van der Waals surface area contributed by atoms with Crippen molar-refractivity contribution in [2.75, 3.05) is 19.6 Å². The lowest BCUT2D eigenvalue weighted by Crippen LogP contribution is -2.38. The third kappa shape index (κ3) is 3.37. The second-order valence-corrected chi connectivity index (χ2v) is 3.80. The molecule has 0 unspecified atom stereocenters. The number of rotatable bonds is 3. The predicted molar refractivity (Wildman–Crippen MR) is 51.1 cm³/mol. The van der Waals surface area contributed by atoms with Crippen molar-refractivity contribution in [3.05, 3.63) is 12.2 Å². The Bertz CT molecular complexity index is 156. The van der Waals surface area contributed by atoms with Crippen LogP contribution in [0.1, 0.15) is 26.2 Å². The van der Waals surface area contributed by atoms with Crippen LogP contribution in [-0.4, -0.2) is 35.7 Å². The van der Waals surface area contributed by atoms with Gasteiger partial charge in [-0.1, -0.05) is 5.57 Å². The summed E-state index contributed by atoms with van der Waals surface area (Å²) in [5, 5.41) is 9.38. The summed E-state index contributed by atoms with van der Waals surface area (Å²) in [5.41, 5.74) is 1.23. The Kier molecular flexibility index (Phi) is 3.76. The van der Waals surface area contributed by atoms with Crippen LogP contribution in [0, 0.1) is 0 Å². The van der Waals surface area contributed by atoms with E-state index in [0.717, 1.165) is 38.9 Å². The van der Waals surface area contributed by atoms with Crippen LogP contribution in [0.2, 0.25) is 0 Å². The van der Waals surface area contributed by atoms with E-state index in [0.29, 0.717) is 0 Å². The molecule has 0 aromatic rings. The van der Waals surface area contributed by atoms with E-state index in [9.17, 15) is 5.11 Å². The first kappa shape index (κ1) is 9.75. The molecule has 1 N–H and O–H groups in total. The molecule has 0 aromatic carbocycles. The summed E-state index contributed by atoms with van der Waals surface area (Å²) in [6.45, 7) is 8.98. The Labute approximate surface area is 74.9 Å². The summed E-state index contributed by atoms with van der Waals surface area (Å²) in [5.74, 6) is 0. The van der Waals surface area contributed by atoms with Crippen LogP contribution in [-0.2, 0) is 0 Å². The quantitative estimate of drug-likeness (QED) is 0.646. The molecular weight excluding hydrogens is 150 g/mol. The number of aliphatic hydroxyl groups is 1. The highest BCUT2D eigenvalue weighted by Crippen LogP contribution is 2.10. The van der Waals surface area contributed by atoms with Gasteiger partial charge in [-0.2, -0.15) is 0 Å². The lowest BCUT2D eigenvalue weighted by Gasteiger charge is -2.29. The van der Waals surface area contributed by atoms with Gasteiger partial charge in [-0.05, 0) is 32.7 Å². The molecule has 0 radical (unpaired) electrons. The highest BCUT2D eigenvalue weighted by Gasteiger charge is 2.16. The molecule has 70 valence electrons. The minimum absolute atomic E-state index is 0.0936. The van der Waals surface area contributed by atoms with Crippen LogP contribution in [0.15, 0.2) is 12.2 Å². The Balaban J connectivity index is 2.18. The van der Waals surface area contributed by atoms with E-state index >= 15 is 0 Å². The molecule has 1 aliphatic rings. The summed E-state index contributed by atoms with van der Waals surface area (Å²) in [6.07, 6.45) is 3.08. The number of nitrogens with zero attached hydrogens (tertiary/aromatic N) is 1. The van der Waals surface area contributed by atoms with Gasteiger partial charge >= 0.3 is 0 Å². The van der Waals surface area contributed by atoms with Crippen LogP contribution < -0.4 is 0 Å². The molecule has 1 fully saturated rings. The fourth-order valence-electron chi connectivity index (χ4n) is 1.58. The number of hydrogen-bond acceptors (Lipinski definition) is 2. The Morgan fingerprint density at radius 3 is 3.00 bits per heavy atom. The third-order valence-corrected chi connectivity index (χ3v) is 2.34. The van der Waals surface area contributed by atoms with Crippen molar-refractivity contribution < 1.29 is 5.11 Å². The summed E-state index contributed by atoms with van der Waals surface area (Å²) in [4.78, 5) is 2.32. The Hall–Kier alpha value is -0.340. The van der Waals surface area contributed by atoms with Gasteiger partial charge in [-0.15, -0.1) is 6.58 Å². The van der Waals surface area contributed by atoms with Crippen LogP contribution in [0.4, 0.5) is 0 Å². The second kappa shape index (κ2) is 4.63. The van der Waals surface area contributed by atoms with Gasteiger partial charge in [0.15, 0.2) is 0 Å². The Morgan fingerprint density at radius 2 is 2.42 bits per heavy atom. The molecule has 2 nitrogen and oxygen atoms in total. The molecule has 0 aromatic heterocycles. The minimum atomic E-state index is -0.0936. The standard InChI is InChI=1S/C10H19NO/c1-9(2)5-7-11-6-3-4-10(12)8-11/h10,12H,1,3-8H2,2H3/t10-/m0/s1. The third-order valence-electron chi connectivity index (χ3n) is 2.34. The molecule has 1 aliphatic heterocycles. The van der Waals surface area contributed by atoms with Crippen LogP contribution in [0.5, 0.6) is 0 Å². The van der Waals surface area contributed by atoms with Crippen molar-refractivity contribution in [2.24, 2.45) is 0 Å². The normalized spacial score (nSPS) is 25.7. The fraction of sp³-hybridized carbons (Fsp3) is 0.800. The molecule has 0 spiro atoms. The molecule has 1 saturated heterocycles. The summed E-state index contributed by atoms with van der Waals surface area (Å²) < 4.78 is 0. The van der Waals surface area contributed by atoms with E-state index in [-0.39, 0.29) is 6.10 Å². The van der Waals surface area contributed by atoms with E-state index in [1.54, 1.807) is 0 Å². The Morgan fingerprint density at radius 1 is 1.67 bits per heavy atom. The zero-order valence-electron chi connectivity index (χ0n) is 7.92. The molecule has 0 amide bonds. The summed E-state index contributed by atoms with van der Waals surface area (Å²) >= 11 is 0. The van der Waals surface area contributed by atoms with Gasteiger partial charge in [0.2, 0.25) is 0 Å². The van der Waals surface area contributed by atoms with E-state index in [1.807, 2.05) is 0 Å². The molecule has 1 heterocycles. The van der Waals surface area contributed by atoms with Crippen molar-refractivity contribution >= 4 is 0 Å². The maximum Gasteiger partial charge on any atom is 0.0667 e. The molecule has 0 aliphatic carbocycles. The van der Waals surface area contributed by atoms with E-state index < -0.39 is 0 Å². The van der Waals surface area contributed by atoms with Gasteiger partial charge in [0.25, 0.3) is 0 Å². The molecule has 0 bridgehead atoms. The van der Waals surface area contributed by atoms with Gasteiger partial charge in [0.1, 0.15) is 0 Å². The average Bonchev–Trinajstić information content (AvgIpc) is 2.01. The zero-order valence-corrected chi connectivity index (χ0v) is 7.92. The first-order chi connectivity index (χ1) is 5.68. The number of hydrogen-bond donors (Lipinski definition) is 1. The lowest BCUT2D eigenvalue weighted by atomic mass is 10.1. The molecule has 12 heavy (non-hydrogen) atoms. The molecule has 0 saturated carbocycles. The maximum absolute atomic E-state index is 9.38. The summed E-state index contributed by atoms with van der Waals surface area (Å²) in [6, 6.07) is 0. The number of likely N-dealkylation sites (tertiary alicyclic amines) is 1. The van der Waals surface area contributed by atoms with Crippen LogP contribution in [0.25, 0.3) is 0 Å². The smallest absolute Gasteiger partial charge is 0.0667 e. The highest BCUT2D eigenvalue weighted by molar-refractivity contribution is 4.89. The van der Waals surface area contributed by atoms with E-state index in [2.05, 4.69) is 18.4 Å². The van der Waals surface area contributed by atoms with Crippen LogP contribution >= 0.6 is 0 Å². The maximum atomic E-state index is 9.38. The first-order valence-electron chi connectivity index (χ1n) is 4.73. The largest absolute Gasteiger partial charge is 0.392 e. The topological polar surface area (TPSA) is 23.5 Å². The average molecular weight is 169 g/mol. The van der Waals surface area contributed by atoms with E-state index in [1.165, 1.54) is 5.57 Å². The number of piperidine rings is 1. The van der Waals surface area contributed by atoms with Crippen molar-refractivity contribution in [3.63, 3.8) is 0 Å². The summed E-state index contributed by atoms with van der Waals surface area (Å²) in [7, 11) is 0. The minimum Gasteiger partial charge on any atom is -0.392 e. The van der Waals surface area contributed by atoms with Crippen LogP contribution in [0.3, 0.4) is 0 Å². The number of aliphatic hydroxyl groups excluding tert-OH is 1. The SMILES string of the molecule is C=C(C)CCN1CCC[C@H](O)C1. The zero-order chi connectivity index (χ0) is 8.97. The van der Waals surface area contributed by atoms with Crippen molar-refractivity contribution in [3.8, 4) is 0 Å². The van der Waals surface area contributed by atoms with Gasteiger partial charge in [-0.25, -0.2) is 0 Å². The first-order valence-corrected chi connectivity index (χ1v) is 4.73. The molecule has 1 rings (SSSR count). The van der Waals surface area contributed by atoms with Gasteiger partial charge < -0.3 is 10.0 Å². The fourth-order valence-corrected chi connectivity index (χ4v) is 1.58. The highest BCUT2D eigenvalue weighted by atomic mass is 16.3. The molecule has 1 atom stereocenters. The number of β-amino-alcohol motifs (C(OH)–C–C–N with tert-alkyl or cyclic N) is 1. The van der Waals surface area contributed by atoms with Crippen molar-refractivity contribution in [1.82, 2.24) is 4.90 Å². The van der Waals surface area contributed by atoms with Crippen molar-refractivity contribution in [2.45, 2.75) is 32.3 Å². The van der Waals surface area contributed by atoms with Gasteiger partial charge in [0, 0.05) is 13.1 Å². The monoisotopic (exact) mass is 169 g/mol. The lowest BCUT2D eigenvalue weighted by molar-refractivity contribution is 0.0714. The predicted octanol–water partition coefficient (Wildman–Crippen LogP) is 1.41. The van der Waals surface area contributed by atoms with Gasteiger partial charge in [0.05, 0.1) is 6.10 Å². The van der Waals surface area contributed by atoms with Gasteiger partial charge in [-0.3, -0.25) is 0 Å². The molecule has 2 heteroatoms. The van der Waals surface area contributed by atoms with Crippen molar-refractivity contribution in [1.29, 1.82) is 0 Å². The molecular formula is C10H19NO. The second-order valence-electron chi connectivity index (χ2n) is 3.80.